The van der Waals surface area contributed by atoms with Gasteiger partial charge in [-0.2, -0.15) is 0 Å². The van der Waals surface area contributed by atoms with Gasteiger partial charge in [0.05, 0.1) is 12.3 Å². The number of halogens is 1. The number of fused-ring (bicyclic) bond motifs is 2. The van der Waals surface area contributed by atoms with Crippen molar-refractivity contribution in [2.24, 2.45) is 23.7 Å². The molecule has 160 valence electrons. The lowest BCUT2D eigenvalue weighted by atomic mass is 9.61. The monoisotopic (exact) mass is 415 g/mol. The van der Waals surface area contributed by atoms with Crippen LogP contribution >= 0.6 is 11.6 Å². The molecule has 5 rings (SSSR count). The Kier molecular flexibility index (Phi) is 5.65. The number of hydrogen-bond donors (Lipinski definition) is 5. The van der Waals surface area contributed by atoms with Crippen LogP contribution in [-0.2, 0) is 4.74 Å². The zero-order valence-corrected chi connectivity index (χ0v) is 17.0. The number of likely N-dealkylation sites (tertiary alicyclic amines) is 1. The van der Waals surface area contributed by atoms with Gasteiger partial charge in [0.25, 0.3) is 0 Å². The minimum atomic E-state index is -1.05. The van der Waals surface area contributed by atoms with E-state index >= 15 is 0 Å². The molecule has 0 aromatic rings. The molecule has 5 N–H and O–H groups in total. The Morgan fingerprint density at radius 2 is 1.82 bits per heavy atom. The van der Waals surface area contributed by atoms with Crippen molar-refractivity contribution < 1.29 is 20.1 Å². The maximum absolute atomic E-state index is 11.0. The van der Waals surface area contributed by atoms with Crippen LogP contribution in [0, 0.1) is 23.7 Å². The molecule has 8 heteroatoms. The van der Waals surface area contributed by atoms with Gasteiger partial charge in [-0.3, -0.25) is 10.2 Å². The van der Waals surface area contributed by atoms with E-state index in [-0.39, 0.29) is 18.1 Å². The Hall–Kier alpha value is 0.01000. The van der Waals surface area contributed by atoms with Crippen LogP contribution in [0.1, 0.15) is 38.5 Å². The van der Waals surface area contributed by atoms with Gasteiger partial charge in [-0.25, -0.2) is 0 Å². The Bertz CT molecular complexity index is 572. The fourth-order valence-corrected chi connectivity index (χ4v) is 6.85. The summed E-state index contributed by atoms with van der Waals surface area (Å²) in [6.07, 6.45) is 2.74. The summed E-state index contributed by atoms with van der Waals surface area (Å²) < 4.78 is 6.17. The van der Waals surface area contributed by atoms with Gasteiger partial charge >= 0.3 is 0 Å². The molecule has 5 aliphatic rings. The third kappa shape index (κ3) is 3.23. The van der Waals surface area contributed by atoms with E-state index in [1.54, 1.807) is 0 Å². The van der Waals surface area contributed by atoms with Gasteiger partial charge in [-0.05, 0) is 56.3 Å². The minimum Gasteiger partial charge on any atom is -0.390 e. The number of alkyl halides is 1. The summed E-state index contributed by atoms with van der Waals surface area (Å²) in [5.41, 5.74) is 0. The summed E-state index contributed by atoms with van der Waals surface area (Å²) in [7, 11) is 0. The van der Waals surface area contributed by atoms with Gasteiger partial charge in [0.1, 0.15) is 24.5 Å². The average Bonchev–Trinajstić information content (AvgIpc) is 3.24. The summed E-state index contributed by atoms with van der Waals surface area (Å²) in [5, 5.41) is 39.3. The van der Waals surface area contributed by atoms with Crippen molar-refractivity contribution >= 4 is 11.6 Å². The summed E-state index contributed by atoms with van der Waals surface area (Å²) in [6.45, 7) is 1.44. The number of aliphatic hydroxyl groups is 3. The van der Waals surface area contributed by atoms with Gasteiger partial charge in [0.2, 0.25) is 0 Å². The highest BCUT2D eigenvalue weighted by molar-refractivity contribution is 6.18. The summed E-state index contributed by atoms with van der Waals surface area (Å²) in [4.78, 5) is 2.12. The van der Waals surface area contributed by atoms with Gasteiger partial charge < -0.3 is 25.4 Å². The van der Waals surface area contributed by atoms with Gasteiger partial charge in [0, 0.05) is 31.1 Å². The van der Waals surface area contributed by atoms with Crippen LogP contribution in [0.2, 0.25) is 0 Å². The number of aliphatic hydroxyl groups excluding tert-OH is 3. The standard InChI is InChI=1S/C20H34ClN3O4/c21-8-14-13-5-6-24(19(13)23-9-22-14)20-17(27)16(26)18(28-20)15(25)12-4-2-10-1-3-11(10)7-12/h10-20,22-23,25-27H,1-9H2/t10?,11?,12?,13?,14?,15-,16+,17-,18-,19?,20-/m1/s1. The van der Waals surface area contributed by atoms with Crippen molar-refractivity contribution in [3.05, 3.63) is 0 Å². The molecule has 0 radical (unpaired) electrons. The fourth-order valence-electron chi connectivity index (χ4n) is 6.51. The molecule has 2 saturated carbocycles. The van der Waals surface area contributed by atoms with Crippen LogP contribution < -0.4 is 10.6 Å². The Morgan fingerprint density at radius 1 is 1.04 bits per heavy atom. The quantitative estimate of drug-likeness (QED) is 0.413. The molecule has 3 aliphatic heterocycles. The number of rotatable bonds is 4. The molecule has 3 heterocycles. The lowest BCUT2D eigenvalue weighted by molar-refractivity contribution is -0.142. The lowest BCUT2D eigenvalue weighted by Crippen LogP contribution is -2.62. The summed E-state index contributed by atoms with van der Waals surface area (Å²) in [6, 6.07) is 0.237. The first kappa shape index (κ1) is 19.9. The van der Waals surface area contributed by atoms with Crippen molar-refractivity contribution in [1.82, 2.24) is 15.5 Å². The summed E-state index contributed by atoms with van der Waals surface area (Å²) >= 11 is 6.12. The molecule has 0 aromatic heterocycles. The van der Waals surface area contributed by atoms with Gasteiger partial charge in [-0.1, -0.05) is 0 Å². The molecule has 0 spiro atoms. The first-order valence-corrected chi connectivity index (χ1v) is 11.6. The largest absolute Gasteiger partial charge is 0.390 e. The maximum Gasteiger partial charge on any atom is 0.141 e. The smallest absolute Gasteiger partial charge is 0.141 e. The van der Waals surface area contributed by atoms with Crippen molar-refractivity contribution in [3.63, 3.8) is 0 Å². The predicted octanol–water partition coefficient (Wildman–Crippen LogP) is 0.0260. The van der Waals surface area contributed by atoms with E-state index in [1.807, 2.05) is 0 Å². The number of nitrogens with zero attached hydrogens (tertiary/aromatic N) is 1. The van der Waals surface area contributed by atoms with Crippen LogP contribution in [0.25, 0.3) is 0 Å². The van der Waals surface area contributed by atoms with E-state index in [2.05, 4.69) is 15.5 Å². The van der Waals surface area contributed by atoms with Gasteiger partial charge in [0.15, 0.2) is 0 Å². The molecule has 0 amide bonds. The molecule has 28 heavy (non-hydrogen) atoms. The topological polar surface area (TPSA) is 97.2 Å². The molecule has 11 atom stereocenters. The average molecular weight is 416 g/mol. The molecular formula is C20H34ClN3O4. The first-order valence-electron chi connectivity index (χ1n) is 11.1. The molecule has 0 aromatic carbocycles. The molecule has 7 nitrogen and oxygen atoms in total. The van der Waals surface area contributed by atoms with Crippen molar-refractivity contribution in [1.29, 1.82) is 0 Å². The zero-order chi connectivity index (χ0) is 19.4. The minimum absolute atomic E-state index is 0.0677. The SMILES string of the molecule is O[C@@H]1[C@H](O)[C@@H]([C@H](O)C2CCC3CCC3C2)O[C@H]1N1CCC2C(CCl)NCNC21. The normalized spacial score (nSPS) is 52.7. The van der Waals surface area contributed by atoms with Crippen LogP contribution in [0.5, 0.6) is 0 Å². The molecule has 3 saturated heterocycles. The maximum atomic E-state index is 11.0. The van der Waals surface area contributed by atoms with E-state index in [1.165, 1.54) is 19.3 Å². The van der Waals surface area contributed by atoms with E-state index in [0.29, 0.717) is 18.5 Å². The van der Waals surface area contributed by atoms with Crippen molar-refractivity contribution in [2.75, 3.05) is 19.1 Å². The van der Waals surface area contributed by atoms with Crippen molar-refractivity contribution in [3.8, 4) is 0 Å². The highest BCUT2D eigenvalue weighted by Crippen LogP contribution is 2.48. The Labute approximate surface area is 171 Å². The Balaban J connectivity index is 1.26. The first-order chi connectivity index (χ1) is 13.6. The zero-order valence-electron chi connectivity index (χ0n) is 16.3. The third-order valence-electron chi connectivity index (χ3n) is 8.35. The predicted molar refractivity (Wildman–Crippen MR) is 104 cm³/mol. The fraction of sp³-hybridized carbons (Fsp3) is 1.00. The third-order valence-corrected chi connectivity index (χ3v) is 8.68. The molecule has 6 unspecified atom stereocenters. The second-order valence-electron chi connectivity index (χ2n) is 9.61. The van der Waals surface area contributed by atoms with Crippen LogP contribution in [0.3, 0.4) is 0 Å². The second-order valence-corrected chi connectivity index (χ2v) is 9.92. The molecule has 5 fully saturated rings. The Morgan fingerprint density at radius 3 is 2.54 bits per heavy atom. The van der Waals surface area contributed by atoms with Crippen molar-refractivity contribution in [2.45, 2.75) is 81.4 Å². The van der Waals surface area contributed by atoms with E-state index in [4.69, 9.17) is 16.3 Å². The highest BCUT2D eigenvalue weighted by atomic mass is 35.5. The van der Waals surface area contributed by atoms with E-state index in [0.717, 1.165) is 37.6 Å². The molecular weight excluding hydrogens is 382 g/mol. The molecule has 2 aliphatic carbocycles. The highest BCUT2D eigenvalue weighted by Gasteiger charge is 2.54. The second kappa shape index (κ2) is 7.93. The van der Waals surface area contributed by atoms with Gasteiger partial charge in [-0.15, -0.1) is 11.6 Å². The number of nitrogens with one attached hydrogen (secondary N) is 2. The van der Waals surface area contributed by atoms with E-state index < -0.39 is 30.6 Å². The lowest BCUT2D eigenvalue weighted by Gasteiger charge is -2.45. The van der Waals surface area contributed by atoms with Crippen LogP contribution in [-0.4, -0.2) is 82.2 Å². The summed E-state index contributed by atoms with van der Waals surface area (Å²) in [5.74, 6) is 2.64. The number of hydrogen-bond acceptors (Lipinski definition) is 7. The van der Waals surface area contributed by atoms with Crippen LogP contribution in [0.15, 0.2) is 0 Å². The molecule has 0 bridgehead atoms. The van der Waals surface area contributed by atoms with E-state index in [9.17, 15) is 15.3 Å². The number of ether oxygens (including phenoxy) is 1. The van der Waals surface area contributed by atoms with Crippen LogP contribution in [0.4, 0.5) is 0 Å².